The summed E-state index contributed by atoms with van der Waals surface area (Å²) in [7, 11) is 1.73. The van der Waals surface area contributed by atoms with Crippen LogP contribution in [-0.2, 0) is 19.3 Å². The zero-order valence-electron chi connectivity index (χ0n) is 79.3. The molecule has 0 unspecified atom stereocenters. The van der Waals surface area contributed by atoms with Gasteiger partial charge in [-0.3, -0.25) is 0 Å². The Morgan fingerprint density at radius 3 is 0.760 bits per heavy atom. The average molecular weight is 1680 g/mol. The van der Waals surface area contributed by atoms with Gasteiger partial charge in [0.1, 0.15) is 23.1 Å². The highest BCUT2D eigenvalue weighted by Gasteiger charge is 2.28. The van der Waals surface area contributed by atoms with Gasteiger partial charge in [0, 0.05) is 11.1 Å². The molecule has 0 aromatic heterocycles. The SMILES string of the molecule is CCCC1CCC(c2ccc(-c3ccc(CC)cc3)cc2)CC1.CCCC1CCC(c2ccc(OC)cc2)CC1.CCCCCC1CCC(c2ccc(-c3ccc(-c4ccc(CC)cc4)c(F)c3)cc2)CC1.CCCCCC1CCC(c2ccc(-c3ccc(-c4ccc(CCC)cc4)c(F)c3)cc2)CC1.CCCCCC1CCC(c2ccc(OCC)cc2)CC1. The molecule has 5 fully saturated rings. The molecule has 125 heavy (non-hydrogen) atoms. The molecule has 10 aromatic carbocycles. The van der Waals surface area contributed by atoms with Crippen molar-refractivity contribution < 1.29 is 18.3 Å². The molecule has 15 rings (SSSR count). The molecular weight excluding hydrogens is 1520 g/mol. The van der Waals surface area contributed by atoms with Crippen LogP contribution in [0.15, 0.2) is 231 Å². The second-order valence-electron chi connectivity index (χ2n) is 38.2. The predicted molar refractivity (Wildman–Crippen MR) is 536 cm³/mol. The Bertz CT molecular complexity index is 4560. The molecule has 0 amide bonds. The average Bonchev–Trinajstić information content (AvgIpc) is 0.815. The molecule has 0 bridgehead atoms. The number of methoxy groups -OCH3 is 1. The van der Waals surface area contributed by atoms with Crippen molar-refractivity contribution in [3.8, 4) is 67.1 Å². The van der Waals surface area contributed by atoms with E-state index in [1.54, 1.807) is 24.8 Å². The van der Waals surface area contributed by atoms with Crippen LogP contribution in [0.4, 0.5) is 8.78 Å². The number of rotatable bonds is 33. The molecule has 0 heterocycles. The first kappa shape index (κ1) is 97.3. The second kappa shape index (κ2) is 53.5. The highest BCUT2D eigenvalue weighted by Crippen LogP contribution is 2.45. The van der Waals surface area contributed by atoms with Crippen LogP contribution in [0.25, 0.3) is 55.6 Å². The summed E-state index contributed by atoms with van der Waals surface area (Å²) in [5, 5.41) is 0. The molecule has 10 aromatic rings. The standard InChI is InChI=1S/C32H39F.C31H37F.C23H30.C19H30O.C16H24O/c1-3-5-6-8-25-9-13-26(14-10-25)27-17-19-28(20-18-27)30-21-22-31(32(33)23-30)29-15-11-24(7-4-2)12-16-29;1-3-5-6-7-24-10-12-25(13-11-24)26-16-18-27(19-17-26)29-20-21-30(31(32)22-29)28-14-8-23(4-2)9-15-28;1-3-5-19-8-12-21(13-9-19)23-16-14-22(15-17-23)20-10-6-18(4-2)7-11-20;1-3-5-6-7-16-8-10-17(11-9-16)18-12-14-19(15-13-18)20-4-2;1-3-4-13-5-7-14(8-6-13)15-9-11-16(17-2)12-10-15/h11-12,15-23,25-26H,3-10,13-14H2,1-2H3;8-9,14-22,24-25H,3-7,10-13H2,1-2H3;6-7,10-11,14-17,19,21H,3-5,8-9,12-13H2,1-2H3;12-17H,3-11H2,1-2H3;9-14H,3-8H2,1-2H3. The van der Waals surface area contributed by atoms with Crippen molar-refractivity contribution in [2.24, 2.45) is 29.6 Å². The van der Waals surface area contributed by atoms with Crippen LogP contribution in [0.5, 0.6) is 11.5 Å². The van der Waals surface area contributed by atoms with Crippen molar-refractivity contribution in [3.05, 3.63) is 287 Å². The summed E-state index contributed by atoms with van der Waals surface area (Å²) in [6, 6.07) is 81.4. The fraction of sp³-hybridized carbons (Fsp3) is 0.504. The first-order valence-corrected chi connectivity index (χ1v) is 50.9. The van der Waals surface area contributed by atoms with Gasteiger partial charge < -0.3 is 9.47 Å². The van der Waals surface area contributed by atoms with Crippen LogP contribution in [-0.4, -0.2) is 13.7 Å². The Hall–Kier alpha value is -8.34. The number of unbranched alkanes of at least 4 members (excludes halogenated alkanes) is 6. The Labute approximate surface area is 759 Å². The molecular formula is C121H160F2O2. The van der Waals surface area contributed by atoms with Crippen molar-refractivity contribution in [1.29, 1.82) is 0 Å². The minimum atomic E-state index is -0.155. The maximum Gasteiger partial charge on any atom is 0.131 e. The second-order valence-corrected chi connectivity index (χ2v) is 38.2. The Kier molecular flexibility index (Phi) is 41.6. The molecule has 0 radical (unpaired) electrons. The third-order valence-corrected chi connectivity index (χ3v) is 29.4. The van der Waals surface area contributed by atoms with Crippen molar-refractivity contribution in [3.63, 3.8) is 0 Å². The van der Waals surface area contributed by atoms with Gasteiger partial charge in [-0.1, -0.05) is 359 Å². The maximum atomic E-state index is 15.0. The van der Waals surface area contributed by atoms with E-state index in [-0.39, 0.29) is 11.6 Å². The molecule has 0 aliphatic heterocycles. The summed E-state index contributed by atoms with van der Waals surface area (Å²) in [5.74, 6) is 10.3. The van der Waals surface area contributed by atoms with E-state index in [9.17, 15) is 8.78 Å². The van der Waals surface area contributed by atoms with Gasteiger partial charge in [-0.15, -0.1) is 0 Å². The van der Waals surface area contributed by atoms with Crippen LogP contribution in [0.3, 0.4) is 0 Å². The molecule has 0 saturated heterocycles. The van der Waals surface area contributed by atoms with Gasteiger partial charge in [-0.25, -0.2) is 8.78 Å². The number of hydrogen-bond donors (Lipinski definition) is 0. The van der Waals surface area contributed by atoms with E-state index in [2.05, 4.69) is 231 Å². The minimum Gasteiger partial charge on any atom is -0.497 e. The highest BCUT2D eigenvalue weighted by molar-refractivity contribution is 5.73. The molecule has 0 atom stereocenters. The summed E-state index contributed by atoms with van der Waals surface area (Å²) in [4.78, 5) is 0. The number of ether oxygens (including phenoxy) is 2. The van der Waals surface area contributed by atoms with E-state index in [0.29, 0.717) is 23.0 Å². The van der Waals surface area contributed by atoms with E-state index in [4.69, 9.17) is 9.47 Å². The van der Waals surface area contributed by atoms with Crippen molar-refractivity contribution in [2.45, 2.75) is 349 Å². The van der Waals surface area contributed by atoms with Crippen LogP contribution in [0.2, 0.25) is 0 Å². The zero-order valence-corrected chi connectivity index (χ0v) is 79.3. The van der Waals surface area contributed by atoms with Gasteiger partial charge >= 0.3 is 0 Å². The van der Waals surface area contributed by atoms with Crippen molar-refractivity contribution >= 4 is 0 Å². The number of hydrogen-bond acceptors (Lipinski definition) is 2. The topological polar surface area (TPSA) is 18.5 Å². The van der Waals surface area contributed by atoms with Crippen molar-refractivity contribution in [1.82, 2.24) is 0 Å². The zero-order chi connectivity index (χ0) is 87.8. The first-order valence-electron chi connectivity index (χ1n) is 50.9. The van der Waals surface area contributed by atoms with Crippen LogP contribution >= 0.6 is 0 Å². The molecule has 670 valence electrons. The lowest BCUT2D eigenvalue weighted by molar-refractivity contribution is 0.302. The summed E-state index contributed by atoms with van der Waals surface area (Å²) in [6.45, 7) is 20.8. The lowest BCUT2D eigenvalue weighted by Gasteiger charge is -2.29. The maximum absolute atomic E-state index is 15.0. The van der Waals surface area contributed by atoms with Crippen LogP contribution in [0, 0.1) is 41.2 Å². The van der Waals surface area contributed by atoms with Crippen LogP contribution in [0.1, 0.15) is 374 Å². The molecule has 5 saturated carbocycles. The summed E-state index contributed by atoms with van der Waals surface area (Å²) in [5.41, 5.74) is 21.4. The molecule has 0 N–H and O–H groups in total. The number of benzene rings is 10. The quantitative estimate of drug-likeness (QED) is 0.0382. The lowest BCUT2D eigenvalue weighted by Crippen LogP contribution is -2.13. The lowest BCUT2D eigenvalue weighted by atomic mass is 9.77. The monoisotopic (exact) mass is 1680 g/mol. The van der Waals surface area contributed by atoms with E-state index in [0.717, 1.165) is 125 Å². The van der Waals surface area contributed by atoms with Gasteiger partial charge in [-0.05, 0) is 339 Å². The minimum absolute atomic E-state index is 0.152. The van der Waals surface area contributed by atoms with E-state index in [1.165, 1.54) is 281 Å². The fourth-order valence-electron chi connectivity index (χ4n) is 21.4. The molecule has 5 aliphatic carbocycles. The Balaban J connectivity index is 0.000000155. The van der Waals surface area contributed by atoms with Crippen molar-refractivity contribution in [2.75, 3.05) is 13.7 Å². The summed E-state index contributed by atoms with van der Waals surface area (Å²) >= 11 is 0. The Morgan fingerprint density at radius 1 is 0.240 bits per heavy atom. The van der Waals surface area contributed by atoms with E-state index >= 15 is 0 Å². The van der Waals surface area contributed by atoms with E-state index in [1.807, 2.05) is 49.4 Å². The van der Waals surface area contributed by atoms with Gasteiger partial charge in [-0.2, -0.15) is 0 Å². The Morgan fingerprint density at radius 2 is 0.496 bits per heavy atom. The smallest absolute Gasteiger partial charge is 0.131 e. The normalized spacial score (nSPS) is 20.5. The highest BCUT2D eigenvalue weighted by atomic mass is 19.1. The molecule has 4 heteroatoms. The third-order valence-electron chi connectivity index (χ3n) is 29.4. The fourth-order valence-corrected chi connectivity index (χ4v) is 21.4. The summed E-state index contributed by atoms with van der Waals surface area (Å²) in [6.07, 6.45) is 54.2. The summed E-state index contributed by atoms with van der Waals surface area (Å²) < 4.78 is 40.6. The molecule has 5 aliphatic rings. The first-order chi connectivity index (χ1) is 61.3. The number of halogens is 2. The number of aryl methyl sites for hydroxylation is 3. The van der Waals surface area contributed by atoms with E-state index < -0.39 is 0 Å². The largest absolute Gasteiger partial charge is 0.497 e. The van der Waals surface area contributed by atoms with Gasteiger partial charge in [0.25, 0.3) is 0 Å². The predicted octanol–water partition coefficient (Wildman–Crippen LogP) is 37.2. The van der Waals surface area contributed by atoms with Gasteiger partial charge in [0.15, 0.2) is 0 Å². The van der Waals surface area contributed by atoms with Gasteiger partial charge in [0.2, 0.25) is 0 Å². The molecule has 0 spiro atoms. The van der Waals surface area contributed by atoms with Crippen LogP contribution < -0.4 is 9.47 Å². The third kappa shape index (κ3) is 30.7. The molecule has 2 nitrogen and oxygen atoms in total. The van der Waals surface area contributed by atoms with Gasteiger partial charge in [0.05, 0.1) is 13.7 Å².